The van der Waals surface area contributed by atoms with Crippen LogP contribution in [0.3, 0.4) is 0 Å². The van der Waals surface area contributed by atoms with Gasteiger partial charge >= 0.3 is 5.97 Å². The summed E-state index contributed by atoms with van der Waals surface area (Å²) in [5, 5.41) is 0.589. The summed E-state index contributed by atoms with van der Waals surface area (Å²) >= 11 is 11.1. The second-order valence-corrected chi connectivity index (χ2v) is 4.98. The van der Waals surface area contributed by atoms with E-state index in [0.717, 1.165) is 11.3 Å². The van der Waals surface area contributed by atoms with E-state index in [0.29, 0.717) is 29.4 Å². The first kappa shape index (κ1) is 15.7. The number of carbonyl (C=O) groups is 1. The number of rotatable bonds is 6. The number of esters is 1. The summed E-state index contributed by atoms with van der Waals surface area (Å²) in [6.07, 6.45) is 1.10. The number of anilines is 1. The van der Waals surface area contributed by atoms with Gasteiger partial charge in [-0.2, -0.15) is 0 Å². The number of halogens is 1. The van der Waals surface area contributed by atoms with Crippen molar-refractivity contribution < 1.29 is 9.53 Å². The van der Waals surface area contributed by atoms with E-state index in [-0.39, 0.29) is 5.97 Å². The van der Waals surface area contributed by atoms with E-state index in [1.807, 2.05) is 24.1 Å². The highest BCUT2D eigenvalue weighted by Gasteiger charge is 2.09. The van der Waals surface area contributed by atoms with Gasteiger partial charge in [0.2, 0.25) is 0 Å². The molecule has 0 aliphatic rings. The fourth-order valence-corrected chi connectivity index (χ4v) is 2.10. The molecule has 0 atom stereocenters. The normalized spacial score (nSPS) is 10.1. The molecule has 2 N–H and O–H groups in total. The third-order valence-corrected chi connectivity index (χ3v) is 3.28. The van der Waals surface area contributed by atoms with Crippen LogP contribution in [0.2, 0.25) is 5.02 Å². The molecule has 0 radical (unpaired) electrons. The average Bonchev–Trinajstić information content (AvgIpc) is 2.37. The Morgan fingerprint density at radius 1 is 1.53 bits per heavy atom. The molecule has 6 heteroatoms. The van der Waals surface area contributed by atoms with Crippen molar-refractivity contribution in [3.05, 3.63) is 28.8 Å². The molecule has 4 nitrogen and oxygen atoms in total. The van der Waals surface area contributed by atoms with E-state index in [9.17, 15) is 4.79 Å². The highest BCUT2D eigenvalue weighted by molar-refractivity contribution is 7.80. The molecule has 0 aliphatic carbocycles. The lowest BCUT2D eigenvalue weighted by Crippen LogP contribution is -2.20. The maximum atomic E-state index is 11.0. The van der Waals surface area contributed by atoms with Crippen LogP contribution in [0.15, 0.2) is 18.2 Å². The van der Waals surface area contributed by atoms with Gasteiger partial charge in [-0.15, -0.1) is 0 Å². The second-order valence-electron chi connectivity index (χ2n) is 4.13. The lowest BCUT2D eigenvalue weighted by atomic mass is 10.2. The molecule has 104 valence electrons. The number of hydrogen-bond acceptors (Lipinski definition) is 4. The van der Waals surface area contributed by atoms with Crippen molar-refractivity contribution >= 4 is 40.5 Å². The van der Waals surface area contributed by atoms with Gasteiger partial charge in [-0.1, -0.05) is 23.8 Å². The Labute approximate surface area is 123 Å². The molecule has 0 aliphatic heterocycles. The highest BCUT2D eigenvalue weighted by atomic mass is 35.5. The molecule has 1 rings (SSSR count). The summed E-state index contributed by atoms with van der Waals surface area (Å²) in [7, 11) is 3.30. The Hall–Kier alpha value is -1.33. The molecule has 0 bridgehead atoms. The molecule has 0 fully saturated rings. The fourth-order valence-electron chi connectivity index (χ4n) is 1.65. The lowest BCUT2D eigenvalue weighted by Gasteiger charge is -2.20. The molecule has 0 saturated carbocycles. The van der Waals surface area contributed by atoms with Gasteiger partial charge in [-0.3, -0.25) is 4.79 Å². The summed E-state index contributed by atoms with van der Waals surface area (Å²) in [6.45, 7) is 0.710. The highest BCUT2D eigenvalue weighted by Crippen LogP contribution is 2.26. The summed E-state index contributed by atoms with van der Waals surface area (Å²) < 4.78 is 4.59. The number of ether oxygens (including phenoxy) is 1. The largest absolute Gasteiger partial charge is 0.469 e. The van der Waals surface area contributed by atoms with Crippen molar-refractivity contribution in [1.82, 2.24) is 0 Å². The van der Waals surface area contributed by atoms with Crippen molar-refractivity contribution in [2.24, 2.45) is 5.73 Å². The standard InChI is InChI=1S/C13H17ClN2O2S/c1-16(7-3-4-12(17)18-2)11-6-5-9(13(15)19)8-10(11)14/h5-6,8H,3-4,7H2,1-2H3,(H2,15,19). The van der Waals surface area contributed by atoms with Gasteiger partial charge in [0.05, 0.1) is 17.8 Å². The van der Waals surface area contributed by atoms with E-state index in [1.54, 1.807) is 6.07 Å². The van der Waals surface area contributed by atoms with E-state index in [4.69, 9.17) is 29.6 Å². The predicted molar refractivity (Wildman–Crippen MR) is 81.9 cm³/mol. The van der Waals surface area contributed by atoms with Crippen molar-refractivity contribution in [3.63, 3.8) is 0 Å². The van der Waals surface area contributed by atoms with Crippen molar-refractivity contribution in [3.8, 4) is 0 Å². The van der Waals surface area contributed by atoms with Crippen LogP contribution in [-0.2, 0) is 9.53 Å². The minimum atomic E-state index is -0.205. The molecule has 1 aromatic carbocycles. The fraction of sp³-hybridized carbons (Fsp3) is 0.385. The van der Waals surface area contributed by atoms with Crippen LogP contribution < -0.4 is 10.6 Å². The van der Waals surface area contributed by atoms with Gasteiger partial charge in [0.15, 0.2) is 0 Å². The van der Waals surface area contributed by atoms with E-state index in [2.05, 4.69) is 4.74 Å². The molecule has 0 unspecified atom stereocenters. The van der Waals surface area contributed by atoms with Gasteiger partial charge < -0.3 is 15.4 Å². The Morgan fingerprint density at radius 3 is 2.74 bits per heavy atom. The molecule has 19 heavy (non-hydrogen) atoms. The number of methoxy groups -OCH3 is 1. The number of carbonyl (C=O) groups excluding carboxylic acids is 1. The van der Waals surface area contributed by atoms with Gasteiger partial charge in [0.1, 0.15) is 4.99 Å². The van der Waals surface area contributed by atoms with Gasteiger partial charge in [-0.05, 0) is 24.6 Å². The Morgan fingerprint density at radius 2 is 2.21 bits per heavy atom. The topological polar surface area (TPSA) is 55.6 Å². The number of nitrogens with two attached hydrogens (primary N) is 1. The zero-order valence-electron chi connectivity index (χ0n) is 11.0. The van der Waals surface area contributed by atoms with Crippen LogP contribution >= 0.6 is 23.8 Å². The zero-order valence-corrected chi connectivity index (χ0v) is 12.6. The Kier molecular flexibility index (Phi) is 6.05. The monoisotopic (exact) mass is 300 g/mol. The van der Waals surface area contributed by atoms with E-state index < -0.39 is 0 Å². The smallest absolute Gasteiger partial charge is 0.305 e. The van der Waals surface area contributed by atoms with Crippen LogP contribution in [-0.4, -0.2) is 31.7 Å². The molecule has 0 spiro atoms. The third-order valence-electron chi connectivity index (χ3n) is 2.75. The summed E-state index contributed by atoms with van der Waals surface area (Å²) in [4.78, 5) is 13.3. The third kappa shape index (κ3) is 4.69. The van der Waals surface area contributed by atoms with Crippen LogP contribution in [0.1, 0.15) is 18.4 Å². The number of benzene rings is 1. The van der Waals surface area contributed by atoms with Gasteiger partial charge in [0, 0.05) is 25.6 Å². The van der Waals surface area contributed by atoms with Crippen LogP contribution in [0, 0.1) is 0 Å². The second kappa shape index (κ2) is 7.31. The van der Waals surface area contributed by atoms with E-state index in [1.165, 1.54) is 7.11 Å². The minimum absolute atomic E-state index is 0.205. The van der Waals surface area contributed by atoms with E-state index >= 15 is 0 Å². The molecule has 0 saturated heterocycles. The molecule has 0 amide bonds. The molecular formula is C13H17ClN2O2S. The maximum Gasteiger partial charge on any atom is 0.305 e. The average molecular weight is 301 g/mol. The minimum Gasteiger partial charge on any atom is -0.469 e. The van der Waals surface area contributed by atoms with Crippen LogP contribution in [0.25, 0.3) is 0 Å². The van der Waals surface area contributed by atoms with Crippen molar-refractivity contribution in [1.29, 1.82) is 0 Å². The molecular weight excluding hydrogens is 284 g/mol. The first-order valence-corrected chi connectivity index (χ1v) is 6.61. The zero-order chi connectivity index (χ0) is 14.4. The lowest BCUT2D eigenvalue weighted by molar-refractivity contribution is -0.140. The summed E-state index contributed by atoms with van der Waals surface area (Å²) in [6, 6.07) is 5.45. The number of hydrogen-bond donors (Lipinski definition) is 1. The van der Waals surface area contributed by atoms with Gasteiger partial charge in [0.25, 0.3) is 0 Å². The number of nitrogens with zero attached hydrogens (tertiary/aromatic N) is 1. The molecule has 0 heterocycles. The summed E-state index contributed by atoms with van der Waals surface area (Å²) in [5.41, 5.74) is 7.17. The van der Waals surface area contributed by atoms with Gasteiger partial charge in [-0.25, -0.2) is 0 Å². The quantitative estimate of drug-likeness (QED) is 0.646. The molecule has 1 aromatic rings. The van der Waals surface area contributed by atoms with Crippen LogP contribution in [0.5, 0.6) is 0 Å². The van der Waals surface area contributed by atoms with Crippen molar-refractivity contribution in [2.75, 3.05) is 25.6 Å². The Balaban J connectivity index is 2.64. The maximum absolute atomic E-state index is 11.0. The Bertz CT molecular complexity index is 480. The number of thiocarbonyl (C=S) groups is 1. The first-order chi connectivity index (χ1) is 8.95. The summed E-state index contributed by atoms with van der Waals surface area (Å²) in [5.74, 6) is -0.205. The first-order valence-electron chi connectivity index (χ1n) is 5.83. The molecule has 0 aromatic heterocycles. The van der Waals surface area contributed by atoms with Crippen molar-refractivity contribution in [2.45, 2.75) is 12.8 Å². The predicted octanol–water partition coefficient (Wildman–Crippen LogP) is 2.36. The van der Waals surface area contributed by atoms with Crippen LogP contribution in [0.4, 0.5) is 5.69 Å². The SMILES string of the molecule is COC(=O)CCCN(C)c1ccc(C(N)=S)cc1Cl.